The Kier molecular flexibility index (Phi) is 14.5. The lowest BCUT2D eigenvalue weighted by Crippen LogP contribution is -2.38. The standard InChI is InChI=1S/C18H31N5OS.HI/c1-5-19-18(21-10-12-25-4)22-14-15-7-6-8-16(13-15)17(24)20-9-11-23(2)3;/h6-8,13H,5,9-12,14H2,1-4H3,(H,20,24)(H2,19,21,22);1H. The second-order valence-electron chi connectivity index (χ2n) is 5.87. The SMILES string of the molecule is CCNC(=NCc1cccc(C(=O)NCCN(C)C)c1)NCCSC.I. The van der Waals surface area contributed by atoms with Gasteiger partial charge in [0.2, 0.25) is 0 Å². The van der Waals surface area contributed by atoms with E-state index in [4.69, 9.17) is 0 Å². The molecule has 0 saturated heterocycles. The normalized spacial score (nSPS) is 11.0. The van der Waals surface area contributed by atoms with E-state index in [1.807, 2.05) is 50.2 Å². The van der Waals surface area contributed by atoms with Crippen LogP contribution in [-0.2, 0) is 6.54 Å². The van der Waals surface area contributed by atoms with Crippen LogP contribution in [0.25, 0.3) is 0 Å². The van der Waals surface area contributed by atoms with Gasteiger partial charge in [0.1, 0.15) is 0 Å². The summed E-state index contributed by atoms with van der Waals surface area (Å²) in [6, 6.07) is 7.63. The molecule has 0 bridgehead atoms. The van der Waals surface area contributed by atoms with Crippen molar-refractivity contribution in [3.05, 3.63) is 35.4 Å². The number of nitrogens with zero attached hydrogens (tertiary/aromatic N) is 2. The zero-order chi connectivity index (χ0) is 18.5. The van der Waals surface area contributed by atoms with Crippen LogP contribution in [0.4, 0.5) is 0 Å². The summed E-state index contributed by atoms with van der Waals surface area (Å²) in [7, 11) is 3.97. The van der Waals surface area contributed by atoms with Gasteiger partial charge in [0.05, 0.1) is 6.54 Å². The van der Waals surface area contributed by atoms with Crippen molar-refractivity contribution in [3.63, 3.8) is 0 Å². The number of benzene rings is 1. The van der Waals surface area contributed by atoms with E-state index in [0.717, 1.165) is 36.9 Å². The summed E-state index contributed by atoms with van der Waals surface area (Å²) in [4.78, 5) is 18.8. The van der Waals surface area contributed by atoms with Crippen LogP contribution in [0.2, 0.25) is 0 Å². The number of amides is 1. The van der Waals surface area contributed by atoms with E-state index in [1.165, 1.54) is 0 Å². The van der Waals surface area contributed by atoms with E-state index >= 15 is 0 Å². The molecule has 1 amide bonds. The molecule has 148 valence electrons. The molecule has 1 aromatic rings. The van der Waals surface area contributed by atoms with Crippen molar-refractivity contribution in [2.45, 2.75) is 13.5 Å². The number of halogens is 1. The third kappa shape index (κ3) is 10.9. The molecule has 0 aliphatic carbocycles. The van der Waals surface area contributed by atoms with Crippen molar-refractivity contribution >= 4 is 47.6 Å². The average molecular weight is 493 g/mol. The van der Waals surface area contributed by atoms with Crippen molar-refractivity contribution in [2.75, 3.05) is 52.3 Å². The van der Waals surface area contributed by atoms with E-state index in [0.29, 0.717) is 18.7 Å². The Balaban J connectivity index is 0.00000625. The van der Waals surface area contributed by atoms with Gasteiger partial charge in [-0.1, -0.05) is 12.1 Å². The summed E-state index contributed by atoms with van der Waals surface area (Å²) in [5.41, 5.74) is 1.69. The van der Waals surface area contributed by atoms with Gasteiger partial charge in [-0.05, 0) is 45.0 Å². The molecule has 3 N–H and O–H groups in total. The number of carbonyl (C=O) groups is 1. The summed E-state index contributed by atoms with van der Waals surface area (Å²) < 4.78 is 0. The smallest absolute Gasteiger partial charge is 0.251 e. The van der Waals surface area contributed by atoms with E-state index in [9.17, 15) is 4.79 Å². The molecule has 0 unspecified atom stereocenters. The predicted octanol–water partition coefficient (Wildman–Crippen LogP) is 2.01. The molecule has 0 aliphatic rings. The quantitative estimate of drug-likeness (QED) is 0.202. The zero-order valence-corrected chi connectivity index (χ0v) is 19.3. The second-order valence-corrected chi connectivity index (χ2v) is 6.86. The molecular weight excluding hydrogens is 461 g/mol. The molecular formula is C18H32IN5OS. The minimum absolute atomic E-state index is 0. The number of hydrogen-bond acceptors (Lipinski definition) is 4. The van der Waals surface area contributed by atoms with Gasteiger partial charge in [0.25, 0.3) is 5.91 Å². The van der Waals surface area contributed by atoms with Crippen LogP contribution in [0.5, 0.6) is 0 Å². The molecule has 0 radical (unpaired) electrons. The van der Waals surface area contributed by atoms with Crippen molar-refractivity contribution in [1.82, 2.24) is 20.9 Å². The maximum absolute atomic E-state index is 12.2. The third-order valence-electron chi connectivity index (χ3n) is 3.40. The van der Waals surface area contributed by atoms with E-state index in [1.54, 1.807) is 11.8 Å². The van der Waals surface area contributed by atoms with Crippen molar-refractivity contribution < 1.29 is 4.79 Å². The fourth-order valence-corrected chi connectivity index (χ4v) is 2.40. The third-order valence-corrected chi connectivity index (χ3v) is 4.01. The van der Waals surface area contributed by atoms with Gasteiger partial charge >= 0.3 is 0 Å². The van der Waals surface area contributed by atoms with Crippen molar-refractivity contribution in [2.24, 2.45) is 4.99 Å². The Labute approximate surface area is 179 Å². The molecule has 0 aliphatic heterocycles. The molecule has 8 heteroatoms. The molecule has 0 spiro atoms. The molecule has 0 heterocycles. The van der Waals surface area contributed by atoms with Crippen LogP contribution in [-0.4, -0.2) is 69.0 Å². The summed E-state index contributed by atoms with van der Waals surface area (Å²) in [6.45, 7) is 5.74. The Morgan fingerprint density at radius 1 is 1.19 bits per heavy atom. The summed E-state index contributed by atoms with van der Waals surface area (Å²) in [6.07, 6.45) is 2.08. The Morgan fingerprint density at radius 2 is 1.96 bits per heavy atom. The molecule has 0 saturated carbocycles. The molecule has 1 aromatic carbocycles. The molecule has 0 atom stereocenters. The number of aliphatic imine (C=N–C) groups is 1. The minimum Gasteiger partial charge on any atom is -0.357 e. The van der Waals surface area contributed by atoms with E-state index < -0.39 is 0 Å². The van der Waals surface area contributed by atoms with Crippen molar-refractivity contribution in [3.8, 4) is 0 Å². The molecule has 6 nitrogen and oxygen atoms in total. The van der Waals surface area contributed by atoms with Crippen LogP contribution in [0, 0.1) is 0 Å². The first-order chi connectivity index (χ1) is 12.1. The molecule has 1 rings (SSSR count). The highest BCUT2D eigenvalue weighted by molar-refractivity contribution is 14.0. The number of likely N-dealkylation sites (N-methyl/N-ethyl adjacent to an activating group) is 1. The first kappa shape index (κ1) is 25.0. The summed E-state index contributed by atoms with van der Waals surface area (Å²) >= 11 is 1.80. The fourth-order valence-electron chi connectivity index (χ4n) is 2.09. The average Bonchev–Trinajstić information content (AvgIpc) is 2.59. The maximum Gasteiger partial charge on any atom is 0.251 e. The lowest BCUT2D eigenvalue weighted by molar-refractivity contribution is 0.0951. The highest BCUT2D eigenvalue weighted by Crippen LogP contribution is 2.07. The van der Waals surface area contributed by atoms with Gasteiger partial charge < -0.3 is 20.9 Å². The molecule has 0 aromatic heterocycles. The highest BCUT2D eigenvalue weighted by atomic mass is 127. The number of thioether (sulfide) groups is 1. The Morgan fingerprint density at radius 3 is 2.62 bits per heavy atom. The van der Waals surface area contributed by atoms with Gasteiger partial charge in [-0.25, -0.2) is 4.99 Å². The number of nitrogens with one attached hydrogen (secondary N) is 3. The van der Waals surface area contributed by atoms with E-state index in [-0.39, 0.29) is 29.9 Å². The first-order valence-corrected chi connectivity index (χ1v) is 9.99. The topological polar surface area (TPSA) is 68.8 Å². The van der Waals surface area contributed by atoms with Crippen molar-refractivity contribution in [1.29, 1.82) is 0 Å². The van der Waals surface area contributed by atoms with E-state index in [2.05, 4.69) is 27.2 Å². The Bertz CT molecular complexity index is 554. The molecule has 26 heavy (non-hydrogen) atoms. The monoisotopic (exact) mass is 493 g/mol. The Hall–Kier alpha value is -1.00. The van der Waals surface area contributed by atoms with Crippen LogP contribution in [0.15, 0.2) is 29.3 Å². The van der Waals surface area contributed by atoms with Crippen LogP contribution < -0.4 is 16.0 Å². The number of carbonyl (C=O) groups excluding carboxylic acids is 1. The number of guanidine groups is 1. The summed E-state index contributed by atoms with van der Waals surface area (Å²) in [5.74, 6) is 1.79. The maximum atomic E-state index is 12.2. The van der Waals surface area contributed by atoms with Gasteiger partial charge in [0, 0.05) is 37.5 Å². The first-order valence-electron chi connectivity index (χ1n) is 8.59. The minimum atomic E-state index is -0.0438. The van der Waals surface area contributed by atoms with Gasteiger partial charge in [-0.3, -0.25) is 4.79 Å². The fraction of sp³-hybridized carbons (Fsp3) is 0.556. The number of rotatable bonds is 10. The van der Waals surface area contributed by atoms with Gasteiger partial charge in [-0.15, -0.1) is 24.0 Å². The molecule has 0 fully saturated rings. The lowest BCUT2D eigenvalue weighted by atomic mass is 10.1. The van der Waals surface area contributed by atoms with Crippen LogP contribution in [0.1, 0.15) is 22.8 Å². The van der Waals surface area contributed by atoms with Gasteiger partial charge in [-0.2, -0.15) is 11.8 Å². The summed E-state index contributed by atoms with van der Waals surface area (Å²) in [5, 5.41) is 9.47. The van der Waals surface area contributed by atoms with Crippen LogP contribution >= 0.6 is 35.7 Å². The predicted molar refractivity (Wildman–Crippen MR) is 124 cm³/mol. The largest absolute Gasteiger partial charge is 0.357 e. The van der Waals surface area contributed by atoms with Crippen LogP contribution in [0.3, 0.4) is 0 Å². The second kappa shape index (κ2) is 15.1. The zero-order valence-electron chi connectivity index (χ0n) is 16.2. The van der Waals surface area contributed by atoms with Gasteiger partial charge in [0.15, 0.2) is 5.96 Å². The number of hydrogen-bond donors (Lipinski definition) is 3. The lowest BCUT2D eigenvalue weighted by Gasteiger charge is -2.12. The highest BCUT2D eigenvalue weighted by Gasteiger charge is 2.06.